The molecule has 0 amide bonds. The summed E-state index contributed by atoms with van der Waals surface area (Å²) in [5, 5.41) is 7.14. The quantitative estimate of drug-likeness (QED) is 0.786. The maximum Gasteiger partial charge on any atom is 0.166 e. The van der Waals surface area contributed by atoms with Gasteiger partial charge in [-0.1, -0.05) is 37.3 Å². The third kappa shape index (κ3) is 4.62. The zero-order chi connectivity index (χ0) is 12.0. The predicted molar refractivity (Wildman–Crippen MR) is 73.7 cm³/mol. The van der Waals surface area contributed by atoms with Crippen molar-refractivity contribution in [1.82, 2.24) is 10.6 Å². The third-order valence-electron chi connectivity index (χ3n) is 2.36. The molecule has 0 radical (unpaired) electrons. The van der Waals surface area contributed by atoms with Gasteiger partial charge in [-0.2, -0.15) is 0 Å². The van der Waals surface area contributed by atoms with Crippen molar-refractivity contribution < 1.29 is 0 Å². The fourth-order valence-electron chi connectivity index (χ4n) is 1.46. The standard InChI is InChI=1S/C13H20N2S/c1-10(2)15-13(16)14-9-11(3)12-7-5-4-6-8-12/h4-8,10-11H,9H2,1-3H3,(H2,14,15,16). The summed E-state index contributed by atoms with van der Waals surface area (Å²) >= 11 is 5.18. The summed E-state index contributed by atoms with van der Waals surface area (Å²) in [6.07, 6.45) is 0. The molecule has 1 unspecified atom stereocenters. The van der Waals surface area contributed by atoms with Gasteiger partial charge in [0.15, 0.2) is 5.11 Å². The Labute approximate surface area is 103 Å². The zero-order valence-electron chi connectivity index (χ0n) is 10.2. The van der Waals surface area contributed by atoms with E-state index in [0.717, 1.165) is 11.7 Å². The number of nitrogens with one attached hydrogen (secondary N) is 2. The van der Waals surface area contributed by atoms with E-state index in [1.807, 2.05) is 6.07 Å². The molecule has 16 heavy (non-hydrogen) atoms. The lowest BCUT2D eigenvalue weighted by Crippen LogP contribution is -2.40. The first-order valence-electron chi connectivity index (χ1n) is 5.69. The van der Waals surface area contributed by atoms with Crippen LogP contribution in [-0.4, -0.2) is 17.7 Å². The average Bonchev–Trinajstić information content (AvgIpc) is 2.26. The second-order valence-corrected chi connectivity index (χ2v) is 4.73. The Hall–Kier alpha value is -1.09. The van der Waals surface area contributed by atoms with E-state index < -0.39 is 0 Å². The topological polar surface area (TPSA) is 24.1 Å². The van der Waals surface area contributed by atoms with Gasteiger partial charge in [0.2, 0.25) is 0 Å². The van der Waals surface area contributed by atoms with Crippen molar-refractivity contribution >= 4 is 17.3 Å². The van der Waals surface area contributed by atoms with Gasteiger partial charge in [0.25, 0.3) is 0 Å². The highest BCUT2D eigenvalue weighted by Gasteiger charge is 2.05. The van der Waals surface area contributed by atoms with Crippen molar-refractivity contribution in [1.29, 1.82) is 0 Å². The maximum atomic E-state index is 5.18. The summed E-state index contributed by atoms with van der Waals surface area (Å²) in [5.41, 5.74) is 1.34. The van der Waals surface area contributed by atoms with Crippen LogP contribution in [0.1, 0.15) is 32.3 Å². The van der Waals surface area contributed by atoms with Crippen LogP contribution in [0, 0.1) is 0 Å². The van der Waals surface area contributed by atoms with Crippen LogP contribution in [-0.2, 0) is 0 Å². The molecule has 0 saturated heterocycles. The summed E-state index contributed by atoms with van der Waals surface area (Å²) in [7, 11) is 0. The number of rotatable bonds is 4. The number of thiocarbonyl (C=S) groups is 1. The molecule has 0 bridgehead atoms. The van der Waals surface area contributed by atoms with Gasteiger partial charge in [-0.3, -0.25) is 0 Å². The second kappa shape index (κ2) is 6.48. The van der Waals surface area contributed by atoms with Gasteiger partial charge in [0, 0.05) is 12.6 Å². The van der Waals surface area contributed by atoms with Gasteiger partial charge in [-0.05, 0) is 37.5 Å². The van der Waals surface area contributed by atoms with Crippen molar-refractivity contribution in [2.45, 2.75) is 32.7 Å². The molecule has 0 fully saturated rings. The zero-order valence-corrected chi connectivity index (χ0v) is 11.0. The lowest BCUT2D eigenvalue weighted by Gasteiger charge is -2.17. The monoisotopic (exact) mass is 236 g/mol. The molecule has 1 rings (SSSR count). The van der Waals surface area contributed by atoms with E-state index in [1.165, 1.54) is 5.56 Å². The summed E-state index contributed by atoms with van der Waals surface area (Å²) in [6, 6.07) is 10.8. The molecule has 1 atom stereocenters. The highest BCUT2D eigenvalue weighted by Crippen LogP contribution is 2.12. The molecule has 1 aromatic rings. The Kier molecular flexibility index (Phi) is 5.26. The molecule has 0 saturated carbocycles. The first-order valence-corrected chi connectivity index (χ1v) is 6.09. The molecular formula is C13H20N2S. The van der Waals surface area contributed by atoms with Gasteiger partial charge >= 0.3 is 0 Å². The van der Waals surface area contributed by atoms with Crippen molar-refractivity contribution in [2.75, 3.05) is 6.54 Å². The van der Waals surface area contributed by atoms with Gasteiger partial charge in [-0.25, -0.2) is 0 Å². The lowest BCUT2D eigenvalue weighted by molar-refractivity contribution is 0.677. The molecule has 0 aliphatic heterocycles. The first kappa shape index (κ1) is 13.0. The number of hydrogen-bond acceptors (Lipinski definition) is 1. The van der Waals surface area contributed by atoms with Crippen molar-refractivity contribution in [3.8, 4) is 0 Å². The molecule has 0 aliphatic rings. The summed E-state index contributed by atoms with van der Waals surface area (Å²) < 4.78 is 0. The Morgan fingerprint density at radius 1 is 1.19 bits per heavy atom. The van der Waals surface area contributed by atoms with Crippen LogP contribution in [0.2, 0.25) is 0 Å². The minimum atomic E-state index is 0.382. The smallest absolute Gasteiger partial charge is 0.166 e. The Balaban J connectivity index is 2.36. The van der Waals surface area contributed by atoms with Crippen LogP contribution in [0.15, 0.2) is 30.3 Å². The number of hydrogen-bond donors (Lipinski definition) is 2. The fourth-order valence-corrected chi connectivity index (χ4v) is 1.78. The van der Waals surface area contributed by atoms with E-state index >= 15 is 0 Å². The molecule has 88 valence electrons. The summed E-state index contributed by atoms with van der Waals surface area (Å²) in [4.78, 5) is 0. The van der Waals surface area contributed by atoms with Crippen LogP contribution in [0.4, 0.5) is 0 Å². The van der Waals surface area contributed by atoms with Crippen LogP contribution < -0.4 is 10.6 Å². The molecule has 0 aromatic heterocycles. The van der Waals surface area contributed by atoms with Crippen LogP contribution in [0.3, 0.4) is 0 Å². The second-order valence-electron chi connectivity index (χ2n) is 4.32. The van der Waals surface area contributed by atoms with Gasteiger partial charge < -0.3 is 10.6 Å². The first-order chi connectivity index (χ1) is 7.59. The fraction of sp³-hybridized carbons (Fsp3) is 0.462. The molecule has 2 N–H and O–H groups in total. The normalized spacial score (nSPS) is 12.2. The van der Waals surface area contributed by atoms with E-state index in [0.29, 0.717) is 12.0 Å². The van der Waals surface area contributed by atoms with Gasteiger partial charge in [0.1, 0.15) is 0 Å². The molecule has 0 spiro atoms. The molecule has 0 aliphatic carbocycles. The van der Waals surface area contributed by atoms with Crippen LogP contribution in [0.5, 0.6) is 0 Å². The Bertz CT molecular complexity index is 322. The van der Waals surface area contributed by atoms with Crippen molar-refractivity contribution in [3.05, 3.63) is 35.9 Å². The maximum absolute atomic E-state index is 5.18. The Morgan fingerprint density at radius 3 is 2.38 bits per heavy atom. The van der Waals surface area contributed by atoms with Gasteiger partial charge in [0.05, 0.1) is 0 Å². The highest BCUT2D eigenvalue weighted by atomic mass is 32.1. The minimum Gasteiger partial charge on any atom is -0.362 e. The van der Waals surface area contributed by atoms with E-state index in [1.54, 1.807) is 0 Å². The van der Waals surface area contributed by atoms with E-state index in [9.17, 15) is 0 Å². The number of benzene rings is 1. The minimum absolute atomic E-state index is 0.382. The Morgan fingerprint density at radius 2 is 1.81 bits per heavy atom. The van der Waals surface area contributed by atoms with Crippen LogP contribution in [0.25, 0.3) is 0 Å². The molecule has 0 heterocycles. The summed E-state index contributed by atoms with van der Waals surface area (Å²) in [6.45, 7) is 7.21. The average molecular weight is 236 g/mol. The van der Waals surface area contributed by atoms with Crippen molar-refractivity contribution in [3.63, 3.8) is 0 Å². The van der Waals surface area contributed by atoms with Crippen LogP contribution >= 0.6 is 12.2 Å². The SMILES string of the molecule is CC(C)NC(=S)NCC(C)c1ccccc1. The largest absolute Gasteiger partial charge is 0.362 e. The highest BCUT2D eigenvalue weighted by molar-refractivity contribution is 7.80. The van der Waals surface area contributed by atoms with Gasteiger partial charge in [-0.15, -0.1) is 0 Å². The van der Waals surface area contributed by atoms with E-state index in [2.05, 4.69) is 55.7 Å². The van der Waals surface area contributed by atoms with Crippen molar-refractivity contribution in [2.24, 2.45) is 0 Å². The van der Waals surface area contributed by atoms with E-state index in [4.69, 9.17) is 12.2 Å². The van der Waals surface area contributed by atoms with E-state index in [-0.39, 0.29) is 0 Å². The third-order valence-corrected chi connectivity index (χ3v) is 2.62. The lowest BCUT2D eigenvalue weighted by atomic mass is 10.0. The predicted octanol–water partition coefficient (Wildman–Crippen LogP) is 2.66. The molecular weight excluding hydrogens is 216 g/mol. The molecule has 1 aromatic carbocycles. The molecule has 2 nitrogen and oxygen atoms in total. The summed E-state index contributed by atoms with van der Waals surface area (Å²) in [5.74, 6) is 0.466. The molecule has 3 heteroatoms.